The number of H-pyrrole nitrogens is 1. The number of nitrogens with one attached hydrogen (secondary N) is 1. The summed E-state index contributed by atoms with van der Waals surface area (Å²) in [7, 11) is 0. The van der Waals surface area contributed by atoms with Crippen LogP contribution in [0.2, 0.25) is 0 Å². The van der Waals surface area contributed by atoms with Crippen molar-refractivity contribution in [1.82, 2.24) is 20.0 Å². The van der Waals surface area contributed by atoms with Crippen molar-refractivity contribution in [2.45, 2.75) is 39.2 Å². The van der Waals surface area contributed by atoms with Gasteiger partial charge in [0.1, 0.15) is 5.82 Å². The summed E-state index contributed by atoms with van der Waals surface area (Å²) in [5, 5.41) is 7.29. The summed E-state index contributed by atoms with van der Waals surface area (Å²) in [5.41, 5.74) is 3.67. The van der Waals surface area contributed by atoms with E-state index in [0.29, 0.717) is 11.7 Å². The number of likely N-dealkylation sites (tertiary alicyclic amines) is 1. The van der Waals surface area contributed by atoms with Crippen LogP contribution < -0.4 is 4.90 Å². The zero-order valence-corrected chi connectivity index (χ0v) is 17.3. The fourth-order valence-electron chi connectivity index (χ4n) is 4.57. The van der Waals surface area contributed by atoms with Crippen LogP contribution >= 0.6 is 0 Å². The van der Waals surface area contributed by atoms with Crippen LogP contribution in [0.4, 0.5) is 10.1 Å². The van der Waals surface area contributed by atoms with Gasteiger partial charge in [-0.05, 0) is 50.5 Å². The molecule has 156 valence electrons. The van der Waals surface area contributed by atoms with E-state index in [0.717, 1.165) is 75.5 Å². The van der Waals surface area contributed by atoms with E-state index in [1.54, 1.807) is 0 Å². The Morgan fingerprint density at radius 2 is 1.90 bits per heavy atom. The maximum atomic E-state index is 13.2. The van der Waals surface area contributed by atoms with E-state index in [1.807, 2.05) is 24.0 Å². The SMILES string of the molecule is CCc1[nH]nc(C(=O)N2CCC[C@@H](N3CCN(c4ccc(F)cc4)CC3)C2)c1C. The molecule has 3 heterocycles. The summed E-state index contributed by atoms with van der Waals surface area (Å²) in [6.07, 6.45) is 3.01. The Morgan fingerprint density at radius 1 is 1.17 bits per heavy atom. The van der Waals surface area contributed by atoms with Gasteiger partial charge in [-0.25, -0.2) is 4.39 Å². The van der Waals surface area contributed by atoms with Gasteiger partial charge in [0, 0.05) is 62.3 Å². The van der Waals surface area contributed by atoms with E-state index in [1.165, 1.54) is 12.1 Å². The number of aryl methyl sites for hydroxylation is 1. The molecule has 0 unspecified atom stereocenters. The zero-order valence-electron chi connectivity index (χ0n) is 17.3. The first kappa shape index (κ1) is 19.9. The molecule has 1 aromatic carbocycles. The Hall–Kier alpha value is -2.41. The molecule has 29 heavy (non-hydrogen) atoms. The second-order valence-electron chi connectivity index (χ2n) is 8.08. The van der Waals surface area contributed by atoms with Crippen molar-refractivity contribution in [3.8, 4) is 0 Å². The predicted molar refractivity (Wildman–Crippen MR) is 112 cm³/mol. The van der Waals surface area contributed by atoms with E-state index in [4.69, 9.17) is 0 Å². The summed E-state index contributed by atoms with van der Waals surface area (Å²) in [5.74, 6) is -0.148. The monoisotopic (exact) mass is 399 g/mol. The van der Waals surface area contributed by atoms with Crippen molar-refractivity contribution in [1.29, 1.82) is 0 Å². The summed E-state index contributed by atoms with van der Waals surface area (Å²) in [6.45, 7) is 9.39. The first-order valence-electron chi connectivity index (χ1n) is 10.6. The first-order valence-corrected chi connectivity index (χ1v) is 10.6. The number of hydrogen-bond acceptors (Lipinski definition) is 4. The molecule has 0 radical (unpaired) electrons. The van der Waals surface area contributed by atoms with Gasteiger partial charge < -0.3 is 9.80 Å². The lowest BCUT2D eigenvalue weighted by Crippen LogP contribution is -2.56. The summed E-state index contributed by atoms with van der Waals surface area (Å²) >= 11 is 0. The number of amides is 1. The lowest BCUT2D eigenvalue weighted by molar-refractivity contribution is 0.0557. The maximum Gasteiger partial charge on any atom is 0.274 e. The number of aromatic amines is 1. The van der Waals surface area contributed by atoms with E-state index in [2.05, 4.69) is 26.9 Å². The Labute approximate surface area is 171 Å². The van der Waals surface area contributed by atoms with Crippen molar-refractivity contribution >= 4 is 11.6 Å². The molecule has 2 aliphatic heterocycles. The molecule has 1 N–H and O–H groups in total. The minimum Gasteiger partial charge on any atom is -0.369 e. The molecule has 0 saturated carbocycles. The van der Waals surface area contributed by atoms with E-state index >= 15 is 0 Å². The summed E-state index contributed by atoms with van der Waals surface area (Å²) in [6, 6.07) is 7.14. The molecule has 2 saturated heterocycles. The van der Waals surface area contributed by atoms with Crippen LogP contribution in [0.3, 0.4) is 0 Å². The van der Waals surface area contributed by atoms with Gasteiger partial charge >= 0.3 is 0 Å². The smallest absolute Gasteiger partial charge is 0.274 e. The van der Waals surface area contributed by atoms with Crippen LogP contribution in [-0.2, 0) is 6.42 Å². The van der Waals surface area contributed by atoms with E-state index < -0.39 is 0 Å². The van der Waals surface area contributed by atoms with E-state index in [-0.39, 0.29) is 11.7 Å². The van der Waals surface area contributed by atoms with Crippen molar-refractivity contribution in [2.24, 2.45) is 0 Å². The van der Waals surface area contributed by atoms with Crippen molar-refractivity contribution in [3.05, 3.63) is 47.0 Å². The number of benzene rings is 1. The molecule has 6 nitrogen and oxygen atoms in total. The van der Waals surface area contributed by atoms with Crippen LogP contribution in [-0.4, -0.2) is 71.2 Å². The Bertz CT molecular complexity index is 841. The molecule has 4 rings (SSSR count). The fourth-order valence-corrected chi connectivity index (χ4v) is 4.57. The van der Waals surface area contributed by atoms with Crippen molar-refractivity contribution < 1.29 is 9.18 Å². The molecule has 0 spiro atoms. The fraction of sp³-hybridized carbons (Fsp3) is 0.545. The second kappa shape index (κ2) is 8.53. The molecule has 1 atom stereocenters. The van der Waals surface area contributed by atoms with Gasteiger partial charge in [0.05, 0.1) is 0 Å². The predicted octanol–water partition coefficient (Wildman–Crippen LogP) is 2.85. The maximum absolute atomic E-state index is 13.2. The highest BCUT2D eigenvalue weighted by atomic mass is 19.1. The zero-order chi connectivity index (χ0) is 20.4. The van der Waals surface area contributed by atoms with Gasteiger partial charge in [-0.2, -0.15) is 5.10 Å². The lowest BCUT2D eigenvalue weighted by atomic mass is 10.0. The minimum atomic E-state index is -0.197. The molecule has 2 aliphatic rings. The van der Waals surface area contributed by atoms with Crippen LogP contribution in [0, 0.1) is 12.7 Å². The van der Waals surface area contributed by atoms with Crippen molar-refractivity contribution in [3.63, 3.8) is 0 Å². The van der Waals surface area contributed by atoms with Gasteiger partial charge in [-0.1, -0.05) is 6.92 Å². The molecular weight excluding hydrogens is 369 g/mol. The largest absolute Gasteiger partial charge is 0.369 e. The van der Waals surface area contributed by atoms with Crippen LogP contribution in [0.15, 0.2) is 24.3 Å². The van der Waals surface area contributed by atoms with Gasteiger partial charge in [0.2, 0.25) is 0 Å². The van der Waals surface area contributed by atoms with Gasteiger partial charge in [-0.3, -0.25) is 14.8 Å². The molecular formula is C22H30FN5O. The second-order valence-corrected chi connectivity index (χ2v) is 8.08. The molecule has 0 aliphatic carbocycles. The van der Waals surface area contributed by atoms with Crippen LogP contribution in [0.5, 0.6) is 0 Å². The highest BCUT2D eigenvalue weighted by Crippen LogP contribution is 2.23. The number of anilines is 1. The Morgan fingerprint density at radius 3 is 2.55 bits per heavy atom. The number of carbonyl (C=O) groups is 1. The Kier molecular flexibility index (Phi) is 5.85. The average molecular weight is 400 g/mol. The topological polar surface area (TPSA) is 55.5 Å². The Balaban J connectivity index is 1.36. The van der Waals surface area contributed by atoms with Crippen molar-refractivity contribution in [2.75, 3.05) is 44.2 Å². The summed E-state index contributed by atoms with van der Waals surface area (Å²) in [4.78, 5) is 19.8. The quantitative estimate of drug-likeness (QED) is 0.859. The number of nitrogens with zero attached hydrogens (tertiary/aromatic N) is 4. The lowest BCUT2D eigenvalue weighted by Gasteiger charge is -2.43. The third-order valence-electron chi connectivity index (χ3n) is 6.37. The van der Waals surface area contributed by atoms with Crippen LogP contribution in [0.1, 0.15) is 41.5 Å². The highest BCUT2D eigenvalue weighted by molar-refractivity contribution is 5.94. The molecule has 2 fully saturated rings. The first-order chi connectivity index (χ1) is 14.1. The van der Waals surface area contributed by atoms with Gasteiger partial charge in [0.25, 0.3) is 5.91 Å². The number of carbonyl (C=O) groups excluding carboxylic acids is 1. The molecule has 7 heteroatoms. The molecule has 2 aromatic rings. The van der Waals surface area contributed by atoms with Gasteiger partial charge in [-0.15, -0.1) is 0 Å². The standard InChI is InChI=1S/C22H30FN5O/c1-3-20-16(2)21(25-24-20)22(29)28-10-4-5-19(15-28)27-13-11-26(12-14-27)18-8-6-17(23)7-9-18/h6-9,19H,3-5,10-15H2,1-2H3,(H,24,25)/t19-/m1/s1. The number of aromatic nitrogens is 2. The number of halogens is 1. The van der Waals surface area contributed by atoms with Crippen LogP contribution in [0.25, 0.3) is 0 Å². The minimum absolute atomic E-state index is 0.0492. The highest BCUT2D eigenvalue weighted by Gasteiger charge is 2.31. The molecule has 0 bridgehead atoms. The number of piperazine rings is 1. The number of piperidine rings is 1. The third-order valence-corrected chi connectivity index (χ3v) is 6.37. The van der Waals surface area contributed by atoms with Gasteiger partial charge in [0.15, 0.2) is 5.69 Å². The van der Waals surface area contributed by atoms with E-state index in [9.17, 15) is 9.18 Å². The number of rotatable bonds is 4. The third kappa shape index (κ3) is 4.15. The molecule has 1 amide bonds. The molecule has 1 aromatic heterocycles. The number of hydrogen-bond donors (Lipinski definition) is 1. The summed E-state index contributed by atoms with van der Waals surface area (Å²) < 4.78 is 13.2. The normalized spacial score (nSPS) is 20.9. The average Bonchev–Trinajstić information content (AvgIpc) is 3.14.